The van der Waals surface area contributed by atoms with Crippen LogP contribution < -0.4 is 19.5 Å². The van der Waals surface area contributed by atoms with Crippen LogP contribution in [0.2, 0.25) is 0 Å². The molecule has 0 fully saturated rings. The zero-order chi connectivity index (χ0) is 25.4. The number of nitrogens with zero attached hydrogens (tertiary/aromatic N) is 1. The maximum atomic E-state index is 13.1. The van der Waals surface area contributed by atoms with Crippen LogP contribution in [0.4, 0.5) is 4.39 Å². The number of rotatable bonds is 10. The molecule has 0 saturated heterocycles. The fourth-order valence-electron chi connectivity index (χ4n) is 3.12. The minimum absolute atomic E-state index is 0.0527. The molecule has 2 rings (SSSR count). The maximum absolute atomic E-state index is 13.1. The van der Waals surface area contributed by atoms with Crippen molar-refractivity contribution < 1.29 is 32.9 Å². The van der Waals surface area contributed by atoms with Gasteiger partial charge in [0, 0.05) is 19.2 Å². The molecule has 1 heterocycles. The smallest absolute Gasteiger partial charge is 0.328 e. The van der Waals surface area contributed by atoms with Gasteiger partial charge in [0.1, 0.15) is 40.5 Å². The van der Waals surface area contributed by atoms with Gasteiger partial charge in [-0.05, 0) is 44.0 Å². The summed E-state index contributed by atoms with van der Waals surface area (Å²) in [6, 6.07) is 6.29. The monoisotopic (exact) mass is 492 g/mol. The van der Waals surface area contributed by atoms with Crippen molar-refractivity contribution in [1.82, 2.24) is 10.3 Å². The van der Waals surface area contributed by atoms with Gasteiger partial charge in [0.05, 0.1) is 7.11 Å². The molecule has 1 N–H and O–H groups in total. The molecular weight excluding hydrogens is 463 g/mol. The topological polar surface area (TPSA) is 96.0 Å². The minimum Gasteiger partial charge on any atom is -0.493 e. The van der Waals surface area contributed by atoms with E-state index in [2.05, 4.69) is 10.3 Å². The molecule has 0 aliphatic carbocycles. The number of ether oxygens (including phenoxy) is 4. The lowest BCUT2D eigenvalue weighted by molar-refractivity contribution is -0.158. The lowest BCUT2D eigenvalue weighted by Gasteiger charge is -2.29. The first-order valence-corrected chi connectivity index (χ1v) is 11.1. The first-order chi connectivity index (χ1) is 16.0. The lowest BCUT2D eigenvalue weighted by Crippen LogP contribution is -2.44. The molecule has 34 heavy (non-hydrogen) atoms. The first-order valence-electron chi connectivity index (χ1n) is 10.7. The highest BCUT2D eigenvalue weighted by Crippen LogP contribution is 2.30. The van der Waals surface area contributed by atoms with Crippen LogP contribution in [0, 0.1) is 11.7 Å². The van der Waals surface area contributed by atoms with Gasteiger partial charge in [-0.25, -0.2) is 14.2 Å². The van der Waals surface area contributed by atoms with E-state index in [1.54, 1.807) is 13.8 Å². The fraction of sp³-hybridized carbons (Fsp3) is 0.417. The standard InChI is InChI=1S/C24H29FN2O6S/c1-13(2)21(15(4)31-18-9-7-17(25)8-10-18)33-24(29)14(3)27-23(34)20-22(32-16(5)28)19(30-6)11-12-26-20/h7-15,21H,1-6H3,(H,27,34)/t14-,15-,21+/m0/s1. The summed E-state index contributed by atoms with van der Waals surface area (Å²) in [6.07, 6.45) is 0.368. The summed E-state index contributed by atoms with van der Waals surface area (Å²) < 4.78 is 35.1. The van der Waals surface area contributed by atoms with Gasteiger partial charge in [0.2, 0.25) is 5.75 Å². The van der Waals surface area contributed by atoms with Crippen molar-refractivity contribution in [2.45, 2.75) is 52.9 Å². The van der Waals surface area contributed by atoms with E-state index in [0.717, 1.165) is 0 Å². The number of esters is 2. The summed E-state index contributed by atoms with van der Waals surface area (Å²) >= 11 is 5.39. The Hall–Kier alpha value is -3.27. The van der Waals surface area contributed by atoms with Crippen molar-refractivity contribution in [3.05, 3.63) is 48.0 Å². The second-order valence-electron chi connectivity index (χ2n) is 7.90. The third kappa shape index (κ3) is 7.38. The van der Waals surface area contributed by atoms with Crippen molar-refractivity contribution in [2.24, 2.45) is 5.92 Å². The predicted octanol–water partition coefficient (Wildman–Crippen LogP) is 3.84. The van der Waals surface area contributed by atoms with Crippen LogP contribution in [0.25, 0.3) is 0 Å². The van der Waals surface area contributed by atoms with Crippen LogP contribution in [0.5, 0.6) is 17.2 Å². The van der Waals surface area contributed by atoms with Gasteiger partial charge in [-0.15, -0.1) is 0 Å². The average molecular weight is 493 g/mol. The van der Waals surface area contributed by atoms with Crippen LogP contribution in [0.1, 0.15) is 40.3 Å². The Morgan fingerprint density at radius 1 is 1.09 bits per heavy atom. The lowest BCUT2D eigenvalue weighted by atomic mass is 10.0. The summed E-state index contributed by atoms with van der Waals surface area (Å²) in [5, 5.41) is 2.87. The highest BCUT2D eigenvalue weighted by atomic mass is 32.1. The molecule has 0 aliphatic heterocycles. The van der Waals surface area contributed by atoms with Gasteiger partial charge in [-0.3, -0.25) is 4.79 Å². The largest absolute Gasteiger partial charge is 0.493 e. The minimum atomic E-state index is -0.843. The molecule has 184 valence electrons. The SMILES string of the molecule is COc1ccnc(C(=S)N[C@@H](C)C(=O)O[C@H](C(C)C)[C@H](C)Oc2ccc(F)cc2)c1OC(C)=O. The Morgan fingerprint density at radius 3 is 2.29 bits per heavy atom. The Balaban J connectivity index is 2.09. The molecule has 0 saturated carbocycles. The second kappa shape index (κ2) is 12.3. The number of carbonyl (C=O) groups is 2. The van der Waals surface area contributed by atoms with Gasteiger partial charge in [0.25, 0.3) is 0 Å². The van der Waals surface area contributed by atoms with E-state index in [0.29, 0.717) is 5.75 Å². The number of pyridine rings is 1. The first kappa shape index (κ1) is 27.0. The van der Waals surface area contributed by atoms with Gasteiger partial charge in [-0.2, -0.15) is 0 Å². The number of halogens is 1. The van der Waals surface area contributed by atoms with Gasteiger partial charge in [-0.1, -0.05) is 26.1 Å². The van der Waals surface area contributed by atoms with Crippen molar-refractivity contribution in [3.63, 3.8) is 0 Å². The third-order valence-electron chi connectivity index (χ3n) is 4.76. The zero-order valence-electron chi connectivity index (χ0n) is 20.0. The molecule has 2 aromatic rings. The quantitative estimate of drug-likeness (QED) is 0.392. The number of nitrogens with one attached hydrogen (secondary N) is 1. The molecule has 0 bridgehead atoms. The molecule has 8 nitrogen and oxygen atoms in total. The maximum Gasteiger partial charge on any atom is 0.328 e. The van der Waals surface area contributed by atoms with Gasteiger partial charge >= 0.3 is 11.9 Å². The number of aromatic nitrogens is 1. The molecule has 0 amide bonds. The van der Waals surface area contributed by atoms with Crippen molar-refractivity contribution in [3.8, 4) is 17.2 Å². The Labute approximate surface area is 203 Å². The molecule has 10 heteroatoms. The summed E-state index contributed by atoms with van der Waals surface area (Å²) in [5.41, 5.74) is 0.151. The van der Waals surface area contributed by atoms with E-state index in [4.69, 9.17) is 31.2 Å². The zero-order valence-corrected chi connectivity index (χ0v) is 20.8. The fourth-order valence-corrected chi connectivity index (χ4v) is 3.45. The molecule has 3 atom stereocenters. The van der Waals surface area contributed by atoms with Crippen LogP contribution in [-0.4, -0.2) is 47.3 Å². The normalized spacial score (nSPS) is 13.4. The van der Waals surface area contributed by atoms with E-state index >= 15 is 0 Å². The summed E-state index contributed by atoms with van der Waals surface area (Å²) in [4.78, 5) is 28.6. The summed E-state index contributed by atoms with van der Waals surface area (Å²) in [6.45, 7) is 8.40. The predicted molar refractivity (Wildman–Crippen MR) is 128 cm³/mol. The summed E-state index contributed by atoms with van der Waals surface area (Å²) in [5.74, 6) is -0.780. The average Bonchev–Trinajstić information content (AvgIpc) is 2.78. The Morgan fingerprint density at radius 2 is 1.74 bits per heavy atom. The highest BCUT2D eigenvalue weighted by Gasteiger charge is 2.30. The Bertz CT molecular complexity index is 1020. The number of methoxy groups -OCH3 is 1. The number of carbonyl (C=O) groups excluding carboxylic acids is 2. The highest BCUT2D eigenvalue weighted by molar-refractivity contribution is 7.80. The number of benzene rings is 1. The number of hydrogen-bond donors (Lipinski definition) is 1. The number of thiocarbonyl (C=S) groups is 1. The molecule has 0 spiro atoms. The van der Waals surface area contributed by atoms with Gasteiger partial charge < -0.3 is 24.3 Å². The van der Waals surface area contributed by atoms with Crippen LogP contribution >= 0.6 is 12.2 Å². The second-order valence-corrected chi connectivity index (χ2v) is 8.31. The van der Waals surface area contributed by atoms with E-state index in [-0.39, 0.29) is 33.9 Å². The van der Waals surface area contributed by atoms with Crippen LogP contribution in [0.3, 0.4) is 0 Å². The van der Waals surface area contributed by atoms with E-state index in [1.165, 1.54) is 50.6 Å². The molecular formula is C24H29FN2O6S. The van der Waals surface area contributed by atoms with E-state index < -0.39 is 30.2 Å². The third-order valence-corrected chi connectivity index (χ3v) is 5.07. The van der Waals surface area contributed by atoms with Gasteiger partial charge in [0.15, 0.2) is 5.75 Å². The number of hydrogen-bond acceptors (Lipinski definition) is 8. The van der Waals surface area contributed by atoms with Crippen molar-refractivity contribution >= 4 is 29.1 Å². The van der Waals surface area contributed by atoms with E-state index in [9.17, 15) is 14.0 Å². The molecule has 0 unspecified atom stereocenters. The Kier molecular flexibility index (Phi) is 9.73. The molecule has 0 radical (unpaired) electrons. The van der Waals surface area contributed by atoms with E-state index in [1.807, 2.05) is 13.8 Å². The van der Waals surface area contributed by atoms with Crippen LogP contribution in [-0.2, 0) is 14.3 Å². The molecule has 0 aliphatic rings. The summed E-state index contributed by atoms with van der Waals surface area (Å²) in [7, 11) is 1.42. The van der Waals surface area contributed by atoms with Crippen molar-refractivity contribution in [2.75, 3.05) is 7.11 Å². The van der Waals surface area contributed by atoms with Crippen molar-refractivity contribution in [1.29, 1.82) is 0 Å². The van der Waals surface area contributed by atoms with Crippen LogP contribution in [0.15, 0.2) is 36.5 Å². The molecule has 1 aromatic carbocycles. The molecule has 1 aromatic heterocycles.